The van der Waals surface area contributed by atoms with Gasteiger partial charge in [0.05, 0.1) is 17.2 Å². The fourth-order valence-electron chi connectivity index (χ4n) is 1.70. The van der Waals surface area contributed by atoms with Crippen molar-refractivity contribution in [3.05, 3.63) is 57.7 Å². The summed E-state index contributed by atoms with van der Waals surface area (Å²) in [4.78, 5) is 22.1. The molecule has 8 heteroatoms. The van der Waals surface area contributed by atoms with Gasteiger partial charge in [0.1, 0.15) is 11.4 Å². The van der Waals surface area contributed by atoms with Crippen molar-refractivity contribution in [2.45, 2.75) is 13.0 Å². The first-order chi connectivity index (χ1) is 9.49. The predicted octanol–water partition coefficient (Wildman–Crippen LogP) is 1.95. The summed E-state index contributed by atoms with van der Waals surface area (Å²) < 4.78 is 13.2. The van der Waals surface area contributed by atoms with Crippen LogP contribution in [0.4, 0.5) is 10.1 Å². The molecule has 0 spiro atoms. The molecule has 1 amide bonds. The third kappa shape index (κ3) is 2.79. The number of rotatable bonds is 4. The highest BCUT2D eigenvalue weighted by molar-refractivity contribution is 5.98. The van der Waals surface area contributed by atoms with Gasteiger partial charge in [-0.1, -0.05) is 0 Å². The molecule has 104 valence electrons. The van der Waals surface area contributed by atoms with Gasteiger partial charge in [-0.25, -0.2) is 4.39 Å². The smallest absolute Gasteiger partial charge is 0.282 e. The first kappa shape index (κ1) is 13.7. The number of halogens is 1. The van der Waals surface area contributed by atoms with Crippen molar-refractivity contribution in [1.29, 1.82) is 0 Å². The van der Waals surface area contributed by atoms with E-state index in [0.29, 0.717) is 5.56 Å². The minimum absolute atomic E-state index is 0.314. The number of amides is 1. The van der Waals surface area contributed by atoms with E-state index in [9.17, 15) is 19.3 Å². The second-order valence-electron chi connectivity index (χ2n) is 4.15. The highest BCUT2D eigenvalue weighted by Crippen LogP contribution is 2.20. The molecule has 20 heavy (non-hydrogen) atoms. The fraction of sp³-hybridized carbons (Fsp3) is 0.167. The Morgan fingerprint density at radius 3 is 2.90 bits per heavy atom. The number of hydrogen-bond donors (Lipinski definition) is 2. The van der Waals surface area contributed by atoms with Crippen molar-refractivity contribution in [1.82, 2.24) is 15.5 Å². The molecule has 0 fully saturated rings. The van der Waals surface area contributed by atoms with Crippen LogP contribution in [0.25, 0.3) is 0 Å². The van der Waals surface area contributed by atoms with Gasteiger partial charge in [-0.05, 0) is 19.1 Å². The number of nitro benzene ring substituents is 1. The molecule has 0 aliphatic carbocycles. The van der Waals surface area contributed by atoms with Crippen LogP contribution in [0.5, 0.6) is 0 Å². The van der Waals surface area contributed by atoms with Crippen LogP contribution in [-0.2, 0) is 0 Å². The number of H-pyrrole nitrogens is 1. The summed E-state index contributed by atoms with van der Waals surface area (Å²) in [6, 6.07) is 2.33. The lowest BCUT2D eigenvalue weighted by Crippen LogP contribution is -2.27. The van der Waals surface area contributed by atoms with Gasteiger partial charge in [-0.3, -0.25) is 20.0 Å². The van der Waals surface area contributed by atoms with Crippen LogP contribution in [0, 0.1) is 15.9 Å². The van der Waals surface area contributed by atoms with Gasteiger partial charge >= 0.3 is 0 Å². The first-order valence-corrected chi connectivity index (χ1v) is 5.72. The van der Waals surface area contributed by atoms with Gasteiger partial charge in [0.2, 0.25) is 0 Å². The van der Waals surface area contributed by atoms with Gasteiger partial charge in [-0.2, -0.15) is 5.10 Å². The van der Waals surface area contributed by atoms with Crippen molar-refractivity contribution < 1.29 is 14.1 Å². The Morgan fingerprint density at radius 1 is 1.55 bits per heavy atom. The number of carbonyl (C=O) groups excluding carboxylic acids is 1. The standard InChI is InChI=1S/C12H11FN4O3/c1-7(8-5-14-15-6-8)16-12(18)10-4-9(13)2-3-11(10)17(19)20/h2-7H,1H3,(H,14,15)(H,16,18). The molecule has 0 saturated carbocycles. The quantitative estimate of drug-likeness (QED) is 0.659. The molecule has 7 nitrogen and oxygen atoms in total. The second-order valence-corrected chi connectivity index (χ2v) is 4.15. The predicted molar refractivity (Wildman–Crippen MR) is 67.5 cm³/mol. The van der Waals surface area contributed by atoms with Crippen LogP contribution in [-0.4, -0.2) is 21.0 Å². The third-order valence-electron chi connectivity index (χ3n) is 2.77. The average molecular weight is 278 g/mol. The Labute approximate surface area is 113 Å². The van der Waals surface area contributed by atoms with E-state index in [-0.39, 0.29) is 5.56 Å². The van der Waals surface area contributed by atoms with Gasteiger partial charge in [0.15, 0.2) is 0 Å². The molecule has 1 aromatic heterocycles. The molecular formula is C12H11FN4O3. The van der Waals surface area contributed by atoms with Gasteiger partial charge < -0.3 is 5.32 Å². The van der Waals surface area contributed by atoms with Gasteiger partial charge in [0, 0.05) is 17.8 Å². The first-order valence-electron chi connectivity index (χ1n) is 5.72. The average Bonchev–Trinajstić information content (AvgIpc) is 2.92. The summed E-state index contributed by atoms with van der Waals surface area (Å²) >= 11 is 0. The molecule has 0 aliphatic rings. The Morgan fingerprint density at radius 2 is 2.30 bits per heavy atom. The van der Waals surface area contributed by atoms with Crippen molar-refractivity contribution in [2.75, 3.05) is 0 Å². The lowest BCUT2D eigenvalue weighted by molar-refractivity contribution is -0.385. The number of aromatic nitrogens is 2. The monoisotopic (exact) mass is 278 g/mol. The fourth-order valence-corrected chi connectivity index (χ4v) is 1.70. The van der Waals surface area contributed by atoms with Crippen molar-refractivity contribution >= 4 is 11.6 Å². The minimum atomic E-state index is -0.725. The molecule has 2 aromatic rings. The van der Waals surface area contributed by atoms with Crippen LogP contribution in [0.1, 0.15) is 28.9 Å². The molecule has 1 atom stereocenters. The molecule has 0 bridgehead atoms. The zero-order chi connectivity index (χ0) is 14.7. The Bertz CT molecular complexity index is 642. The maximum atomic E-state index is 13.2. The Balaban J connectivity index is 2.25. The summed E-state index contributed by atoms with van der Waals surface area (Å²) in [5.74, 6) is -1.43. The van der Waals surface area contributed by atoms with E-state index < -0.39 is 28.4 Å². The van der Waals surface area contributed by atoms with E-state index in [1.54, 1.807) is 13.1 Å². The molecule has 0 aliphatic heterocycles. The number of benzene rings is 1. The Hall–Kier alpha value is -2.77. The lowest BCUT2D eigenvalue weighted by Gasteiger charge is -2.12. The van der Waals surface area contributed by atoms with E-state index in [1.165, 1.54) is 6.20 Å². The number of nitrogens with zero attached hydrogens (tertiary/aromatic N) is 2. The molecule has 0 radical (unpaired) electrons. The second kappa shape index (κ2) is 5.47. The van der Waals surface area contributed by atoms with E-state index >= 15 is 0 Å². The highest BCUT2D eigenvalue weighted by atomic mass is 19.1. The summed E-state index contributed by atoms with van der Waals surface area (Å²) in [5.41, 5.74) is -0.0500. The number of nitro groups is 1. The van der Waals surface area contributed by atoms with E-state index in [1.807, 2.05) is 0 Å². The zero-order valence-corrected chi connectivity index (χ0v) is 10.5. The van der Waals surface area contributed by atoms with Crippen molar-refractivity contribution in [3.8, 4) is 0 Å². The zero-order valence-electron chi connectivity index (χ0n) is 10.5. The number of aromatic amines is 1. The molecular weight excluding hydrogens is 267 g/mol. The molecule has 1 heterocycles. The van der Waals surface area contributed by atoms with Crippen LogP contribution < -0.4 is 5.32 Å². The molecule has 2 N–H and O–H groups in total. The van der Waals surface area contributed by atoms with Crippen molar-refractivity contribution in [3.63, 3.8) is 0 Å². The molecule has 1 aromatic carbocycles. The summed E-state index contributed by atoms with van der Waals surface area (Å²) in [6.07, 6.45) is 3.11. The maximum Gasteiger partial charge on any atom is 0.282 e. The van der Waals surface area contributed by atoms with Crippen molar-refractivity contribution in [2.24, 2.45) is 0 Å². The minimum Gasteiger partial charge on any atom is -0.345 e. The van der Waals surface area contributed by atoms with Gasteiger partial charge in [-0.15, -0.1) is 0 Å². The highest BCUT2D eigenvalue weighted by Gasteiger charge is 2.22. The number of carbonyl (C=O) groups is 1. The van der Waals surface area contributed by atoms with Crippen LogP contribution in [0.2, 0.25) is 0 Å². The molecule has 2 rings (SSSR count). The summed E-state index contributed by atoms with van der Waals surface area (Å²) in [6.45, 7) is 1.69. The SMILES string of the molecule is CC(NC(=O)c1cc(F)ccc1[N+](=O)[O-])c1cn[nH]c1. The summed E-state index contributed by atoms with van der Waals surface area (Å²) in [7, 11) is 0. The van der Waals surface area contributed by atoms with Crippen LogP contribution >= 0.6 is 0 Å². The van der Waals surface area contributed by atoms with Crippen LogP contribution in [0.3, 0.4) is 0 Å². The van der Waals surface area contributed by atoms with E-state index in [4.69, 9.17) is 0 Å². The van der Waals surface area contributed by atoms with Gasteiger partial charge in [0.25, 0.3) is 11.6 Å². The molecule has 0 saturated heterocycles. The normalized spacial score (nSPS) is 11.9. The number of hydrogen-bond acceptors (Lipinski definition) is 4. The molecule has 1 unspecified atom stereocenters. The summed E-state index contributed by atoms with van der Waals surface area (Å²) in [5, 5.41) is 19.7. The Kier molecular flexibility index (Phi) is 3.74. The maximum absolute atomic E-state index is 13.2. The lowest BCUT2D eigenvalue weighted by atomic mass is 10.1. The largest absolute Gasteiger partial charge is 0.345 e. The van der Waals surface area contributed by atoms with E-state index in [0.717, 1.165) is 18.2 Å². The topological polar surface area (TPSA) is 101 Å². The number of nitrogens with one attached hydrogen (secondary N) is 2. The third-order valence-corrected chi connectivity index (χ3v) is 2.77. The van der Waals surface area contributed by atoms with Crippen LogP contribution in [0.15, 0.2) is 30.6 Å². The van der Waals surface area contributed by atoms with E-state index in [2.05, 4.69) is 15.5 Å².